The van der Waals surface area contributed by atoms with Crippen LogP contribution in [0.3, 0.4) is 0 Å². The summed E-state index contributed by atoms with van der Waals surface area (Å²) in [5.41, 5.74) is 6.43. The van der Waals surface area contributed by atoms with Crippen molar-refractivity contribution in [2.45, 2.75) is 37.0 Å². The predicted molar refractivity (Wildman–Crippen MR) is 116 cm³/mol. The number of thiol groups is 1. The first-order chi connectivity index (χ1) is 15.5. The molecule has 13 nitrogen and oxygen atoms in total. The van der Waals surface area contributed by atoms with E-state index in [0.29, 0.717) is 5.56 Å². The molecule has 4 unspecified atom stereocenters. The molecule has 1 aromatic carbocycles. The first-order valence-corrected chi connectivity index (χ1v) is 10.2. The van der Waals surface area contributed by atoms with Gasteiger partial charge in [-0.1, -0.05) is 12.1 Å². The van der Waals surface area contributed by atoms with Crippen LogP contribution in [0.5, 0.6) is 5.75 Å². The average molecular weight is 487 g/mol. The van der Waals surface area contributed by atoms with E-state index in [1.165, 1.54) is 12.1 Å². The molecule has 0 saturated carbocycles. The molecule has 0 spiro atoms. The van der Waals surface area contributed by atoms with Gasteiger partial charge >= 0.3 is 11.9 Å². The van der Waals surface area contributed by atoms with Gasteiger partial charge in [0.25, 0.3) is 0 Å². The topological polar surface area (TPSA) is 228 Å². The number of carbonyl (C=O) groups excluding carboxylic acids is 3. The average Bonchev–Trinajstić information content (AvgIpc) is 2.75. The van der Waals surface area contributed by atoms with Gasteiger partial charge in [0.2, 0.25) is 17.7 Å². The number of carboxylic acid groups (broad SMARTS) is 2. The second kappa shape index (κ2) is 13.2. The second-order valence-electron chi connectivity index (χ2n) is 6.96. The third-order valence-corrected chi connectivity index (χ3v) is 4.72. The van der Waals surface area contributed by atoms with Gasteiger partial charge in [0.05, 0.1) is 19.1 Å². The number of aliphatic hydroxyl groups excluding tert-OH is 1. The minimum Gasteiger partial charge on any atom is -0.508 e. The molecule has 182 valence electrons. The molecule has 1 rings (SSSR count). The molecule has 1 aromatic rings. The van der Waals surface area contributed by atoms with Gasteiger partial charge in [-0.3, -0.25) is 19.2 Å². The number of rotatable bonds is 13. The largest absolute Gasteiger partial charge is 0.508 e. The van der Waals surface area contributed by atoms with Crippen LogP contribution in [0.4, 0.5) is 0 Å². The molecular weight excluding hydrogens is 460 g/mol. The monoisotopic (exact) mass is 486 g/mol. The summed E-state index contributed by atoms with van der Waals surface area (Å²) in [6, 6.07) is 0.0920. The fraction of sp³-hybridized carbons (Fsp3) is 0.421. The number of phenolic OH excluding ortho intramolecular Hbond substituents is 1. The lowest BCUT2D eigenvalue weighted by Crippen LogP contribution is -2.58. The van der Waals surface area contributed by atoms with E-state index in [4.69, 9.17) is 15.9 Å². The van der Waals surface area contributed by atoms with E-state index < -0.39 is 66.9 Å². The van der Waals surface area contributed by atoms with Crippen molar-refractivity contribution in [2.75, 3.05) is 12.4 Å². The number of aliphatic hydroxyl groups is 1. The smallest absolute Gasteiger partial charge is 0.327 e. The fourth-order valence-electron chi connectivity index (χ4n) is 2.57. The van der Waals surface area contributed by atoms with E-state index in [9.17, 15) is 34.2 Å². The molecule has 9 N–H and O–H groups in total. The molecule has 0 heterocycles. The Morgan fingerprint density at radius 3 is 1.88 bits per heavy atom. The minimum atomic E-state index is -1.69. The number of benzene rings is 1. The van der Waals surface area contributed by atoms with Crippen LogP contribution in [-0.2, 0) is 30.4 Å². The van der Waals surface area contributed by atoms with Crippen LogP contribution in [0.15, 0.2) is 24.3 Å². The molecule has 33 heavy (non-hydrogen) atoms. The van der Waals surface area contributed by atoms with Crippen LogP contribution >= 0.6 is 12.6 Å². The van der Waals surface area contributed by atoms with Gasteiger partial charge in [-0.25, -0.2) is 4.79 Å². The molecule has 0 fully saturated rings. The van der Waals surface area contributed by atoms with Gasteiger partial charge < -0.3 is 42.1 Å². The molecule has 0 aliphatic carbocycles. The molecule has 14 heteroatoms. The SMILES string of the molecule is NC(Cc1ccc(O)cc1)C(=O)NC(CO)C(=O)NC(CC(=O)O)C(=O)NC(CS)C(=O)O. The Balaban J connectivity index is 2.81. The van der Waals surface area contributed by atoms with Gasteiger partial charge in [0.1, 0.15) is 23.9 Å². The normalized spacial score (nSPS) is 14.3. The number of phenols is 1. The number of nitrogens with two attached hydrogens (primary N) is 1. The highest BCUT2D eigenvalue weighted by molar-refractivity contribution is 7.80. The standard InChI is InChI=1S/C19H26N4O9S/c20-11(5-9-1-3-10(25)4-2-9)16(28)22-13(7-24)18(30)21-12(6-15(26)27)17(29)23-14(8-33)19(31)32/h1-4,11-14,24-25,33H,5-8,20H2,(H,21,30)(H,22,28)(H,23,29)(H,26,27)(H,31,32). The summed E-state index contributed by atoms with van der Waals surface area (Å²) in [5.74, 6) is -6.13. The Morgan fingerprint density at radius 2 is 1.39 bits per heavy atom. The number of hydrogen-bond donors (Lipinski definition) is 9. The maximum absolute atomic E-state index is 12.5. The van der Waals surface area contributed by atoms with E-state index in [2.05, 4.69) is 23.3 Å². The minimum absolute atomic E-state index is 0.0257. The summed E-state index contributed by atoms with van der Waals surface area (Å²) in [6.45, 7) is -0.890. The van der Waals surface area contributed by atoms with Crippen LogP contribution in [0.1, 0.15) is 12.0 Å². The van der Waals surface area contributed by atoms with Gasteiger partial charge in [0, 0.05) is 5.75 Å². The quantitative estimate of drug-likeness (QED) is 0.130. The van der Waals surface area contributed by atoms with Gasteiger partial charge in [-0.15, -0.1) is 0 Å². The number of carbonyl (C=O) groups is 5. The molecular formula is C19H26N4O9S. The zero-order chi connectivity index (χ0) is 25.1. The highest BCUT2D eigenvalue weighted by Gasteiger charge is 2.31. The van der Waals surface area contributed by atoms with Crippen LogP contribution in [-0.4, -0.2) is 86.6 Å². The van der Waals surface area contributed by atoms with Crippen molar-refractivity contribution in [1.29, 1.82) is 0 Å². The molecule has 0 saturated heterocycles. The number of hydrogen-bond acceptors (Lipinski definition) is 9. The summed E-state index contributed by atoms with van der Waals surface area (Å²) in [5, 5.41) is 43.1. The maximum Gasteiger partial charge on any atom is 0.327 e. The Kier molecular flexibility index (Phi) is 11.1. The van der Waals surface area contributed by atoms with Crippen LogP contribution in [0, 0.1) is 0 Å². The number of carboxylic acids is 2. The van der Waals surface area contributed by atoms with Crippen molar-refractivity contribution in [3.63, 3.8) is 0 Å². The van der Waals surface area contributed by atoms with E-state index >= 15 is 0 Å². The maximum atomic E-state index is 12.5. The first kappa shape index (κ1) is 27.7. The van der Waals surface area contributed by atoms with Crippen LogP contribution in [0.2, 0.25) is 0 Å². The van der Waals surface area contributed by atoms with Crippen molar-refractivity contribution in [2.24, 2.45) is 5.73 Å². The number of nitrogens with one attached hydrogen (secondary N) is 3. The van der Waals surface area contributed by atoms with Crippen LogP contribution in [0.25, 0.3) is 0 Å². The van der Waals surface area contributed by atoms with Crippen molar-refractivity contribution < 1.29 is 44.4 Å². The van der Waals surface area contributed by atoms with Crippen molar-refractivity contribution in [3.8, 4) is 5.75 Å². The molecule has 0 aliphatic rings. The fourth-order valence-corrected chi connectivity index (χ4v) is 2.81. The Morgan fingerprint density at radius 1 is 0.879 bits per heavy atom. The summed E-state index contributed by atoms with van der Waals surface area (Å²) < 4.78 is 0. The molecule has 0 bridgehead atoms. The van der Waals surface area contributed by atoms with E-state index in [-0.39, 0.29) is 17.9 Å². The van der Waals surface area contributed by atoms with Crippen molar-refractivity contribution in [1.82, 2.24) is 16.0 Å². The Bertz CT molecular complexity index is 865. The Hall–Kier alpha value is -3.36. The van der Waals surface area contributed by atoms with Crippen LogP contribution < -0.4 is 21.7 Å². The third kappa shape index (κ3) is 9.34. The zero-order valence-electron chi connectivity index (χ0n) is 17.3. The van der Waals surface area contributed by atoms with E-state index in [1.807, 2.05) is 5.32 Å². The second-order valence-corrected chi connectivity index (χ2v) is 7.33. The summed E-state index contributed by atoms with van der Waals surface area (Å²) in [4.78, 5) is 59.2. The number of aliphatic carboxylic acids is 2. The van der Waals surface area contributed by atoms with Gasteiger partial charge in [0.15, 0.2) is 0 Å². The highest BCUT2D eigenvalue weighted by atomic mass is 32.1. The lowest BCUT2D eigenvalue weighted by molar-refractivity contribution is -0.143. The summed E-state index contributed by atoms with van der Waals surface area (Å²) >= 11 is 3.78. The molecule has 0 radical (unpaired) electrons. The third-order valence-electron chi connectivity index (χ3n) is 4.35. The van der Waals surface area contributed by atoms with E-state index in [1.54, 1.807) is 12.1 Å². The molecule has 3 amide bonds. The predicted octanol–water partition coefficient (Wildman–Crippen LogP) is -2.80. The lowest BCUT2D eigenvalue weighted by atomic mass is 10.1. The van der Waals surface area contributed by atoms with Crippen molar-refractivity contribution >= 4 is 42.3 Å². The summed E-state index contributed by atoms with van der Waals surface area (Å²) in [7, 11) is 0. The number of amides is 3. The van der Waals surface area contributed by atoms with Crippen molar-refractivity contribution in [3.05, 3.63) is 29.8 Å². The summed E-state index contributed by atoms with van der Waals surface area (Å²) in [6.07, 6.45) is -0.834. The zero-order valence-corrected chi connectivity index (χ0v) is 18.2. The van der Waals surface area contributed by atoms with E-state index in [0.717, 1.165) is 0 Å². The Labute approximate surface area is 193 Å². The first-order valence-electron chi connectivity index (χ1n) is 9.59. The lowest BCUT2D eigenvalue weighted by Gasteiger charge is -2.23. The molecule has 0 aromatic heterocycles. The molecule has 4 atom stereocenters. The van der Waals surface area contributed by atoms with Gasteiger partial charge in [-0.05, 0) is 24.1 Å². The highest BCUT2D eigenvalue weighted by Crippen LogP contribution is 2.11. The molecule has 0 aliphatic heterocycles. The van der Waals surface area contributed by atoms with Gasteiger partial charge in [-0.2, -0.15) is 12.6 Å². The number of aromatic hydroxyl groups is 1.